The number of aryl methyl sites for hydroxylation is 2. The van der Waals surface area contributed by atoms with E-state index in [9.17, 15) is 9.59 Å². The number of ether oxygens (including phenoxy) is 1. The van der Waals surface area contributed by atoms with Crippen LogP contribution >= 0.6 is 15.9 Å². The minimum absolute atomic E-state index is 0.00413. The molecule has 0 aliphatic rings. The zero-order chi connectivity index (χ0) is 22.3. The monoisotopic (exact) mass is 474 g/mol. The van der Waals surface area contributed by atoms with Crippen LogP contribution in [-0.2, 0) is 16.1 Å². The summed E-state index contributed by atoms with van der Waals surface area (Å²) in [6.45, 7) is 9.95. The van der Waals surface area contributed by atoms with E-state index in [2.05, 4.69) is 21.2 Å². The number of nitrogens with one attached hydrogen (secondary N) is 1. The van der Waals surface area contributed by atoms with Crippen molar-refractivity contribution in [2.24, 2.45) is 0 Å². The number of nitrogens with zero attached hydrogens (tertiary/aromatic N) is 1. The molecule has 6 heteroatoms. The second kappa shape index (κ2) is 11.2. The quantitative estimate of drug-likeness (QED) is 0.568. The Morgan fingerprint density at radius 2 is 1.87 bits per heavy atom. The van der Waals surface area contributed by atoms with Crippen LogP contribution in [0.1, 0.15) is 43.9 Å². The summed E-state index contributed by atoms with van der Waals surface area (Å²) in [4.78, 5) is 27.6. The summed E-state index contributed by atoms with van der Waals surface area (Å²) in [5.41, 5.74) is 3.12. The van der Waals surface area contributed by atoms with Crippen LogP contribution in [0.4, 0.5) is 0 Å². The fourth-order valence-electron chi connectivity index (χ4n) is 3.24. The zero-order valence-electron chi connectivity index (χ0n) is 18.4. The molecule has 2 aromatic rings. The van der Waals surface area contributed by atoms with Gasteiger partial charge < -0.3 is 15.0 Å². The summed E-state index contributed by atoms with van der Waals surface area (Å²) in [6, 6.07) is 13.0. The minimum atomic E-state index is -0.560. The molecule has 1 N–H and O–H groups in total. The summed E-state index contributed by atoms with van der Waals surface area (Å²) in [7, 11) is 0. The van der Waals surface area contributed by atoms with Crippen LogP contribution in [0.2, 0.25) is 0 Å². The van der Waals surface area contributed by atoms with E-state index in [1.165, 1.54) is 0 Å². The lowest BCUT2D eigenvalue weighted by molar-refractivity contribution is -0.143. The van der Waals surface area contributed by atoms with E-state index in [0.29, 0.717) is 18.7 Å². The predicted octanol–water partition coefficient (Wildman–Crippen LogP) is 4.78. The molecule has 0 saturated carbocycles. The number of rotatable bonds is 9. The summed E-state index contributed by atoms with van der Waals surface area (Å²) in [5, 5.41) is 2.93. The van der Waals surface area contributed by atoms with E-state index >= 15 is 0 Å². The van der Waals surface area contributed by atoms with Crippen LogP contribution in [0, 0.1) is 13.8 Å². The number of hydrogen-bond donors (Lipinski definition) is 1. The number of hydrogen-bond acceptors (Lipinski definition) is 3. The van der Waals surface area contributed by atoms with E-state index in [0.717, 1.165) is 21.2 Å². The maximum atomic E-state index is 13.2. The Hall–Kier alpha value is -2.34. The number of halogens is 1. The lowest BCUT2D eigenvalue weighted by Gasteiger charge is -2.31. The van der Waals surface area contributed by atoms with Gasteiger partial charge in [-0.1, -0.05) is 52.7 Å². The third-order valence-corrected chi connectivity index (χ3v) is 5.63. The number of carbonyl (C=O) groups excluding carboxylic acids is 2. The van der Waals surface area contributed by atoms with Gasteiger partial charge >= 0.3 is 0 Å². The molecule has 2 rings (SSSR count). The standard InChI is InChI=1S/C24H31BrN2O3/c1-6-22(24(29)26-16(2)3)27(14-19-9-7-8-17(4)12-19)23(28)15-30-20-10-11-21(25)18(5)13-20/h7-13,16,22H,6,14-15H2,1-5H3,(H,26,29). The molecular weight excluding hydrogens is 444 g/mol. The van der Waals surface area contributed by atoms with Crippen molar-refractivity contribution in [1.29, 1.82) is 0 Å². The van der Waals surface area contributed by atoms with Crippen molar-refractivity contribution in [3.05, 3.63) is 63.6 Å². The third-order valence-electron chi connectivity index (χ3n) is 4.74. The molecule has 2 amide bonds. The molecule has 30 heavy (non-hydrogen) atoms. The van der Waals surface area contributed by atoms with E-state index < -0.39 is 6.04 Å². The minimum Gasteiger partial charge on any atom is -0.484 e. The second-order valence-electron chi connectivity index (χ2n) is 7.80. The maximum Gasteiger partial charge on any atom is 0.261 e. The highest BCUT2D eigenvalue weighted by Crippen LogP contribution is 2.22. The lowest BCUT2D eigenvalue weighted by Crippen LogP contribution is -2.51. The second-order valence-corrected chi connectivity index (χ2v) is 8.65. The number of carbonyl (C=O) groups is 2. The smallest absolute Gasteiger partial charge is 0.261 e. The average Bonchev–Trinajstić information content (AvgIpc) is 2.68. The van der Waals surface area contributed by atoms with Crippen molar-refractivity contribution in [2.45, 2.75) is 59.7 Å². The average molecular weight is 475 g/mol. The molecule has 0 radical (unpaired) electrons. The Kier molecular flexibility index (Phi) is 8.90. The maximum absolute atomic E-state index is 13.2. The van der Waals surface area contributed by atoms with Gasteiger partial charge in [0, 0.05) is 17.1 Å². The fourth-order valence-corrected chi connectivity index (χ4v) is 3.49. The van der Waals surface area contributed by atoms with Gasteiger partial charge in [0.15, 0.2) is 6.61 Å². The first-order valence-electron chi connectivity index (χ1n) is 10.3. The Labute approximate surface area is 187 Å². The molecule has 5 nitrogen and oxygen atoms in total. The molecule has 0 aromatic heterocycles. The summed E-state index contributed by atoms with van der Waals surface area (Å²) in [6.07, 6.45) is 0.521. The van der Waals surface area contributed by atoms with Gasteiger partial charge in [0.25, 0.3) is 5.91 Å². The lowest BCUT2D eigenvalue weighted by atomic mass is 10.1. The topological polar surface area (TPSA) is 58.6 Å². The van der Waals surface area contributed by atoms with Gasteiger partial charge in [0.2, 0.25) is 5.91 Å². The molecule has 0 aliphatic heterocycles. The number of amides is 2. The summed E-state index contributed by atoms with van der Waals surface area (Å²) in [5.74, 6) is 0.259. The molecule has 162 valence electrons. The zero-order valence-corrected chi connectivity index (χ0v) is 20.0. The van der Waals surface area contributed by atoms with Gasteiger partial charge in [-0.3, -0.25) is 9.59 Å². The van der Waals surface area contributed by atoms with Crippen molar-refractivity contribution >= 4 is 27.7 Å². The summed E-state index contributed by atoms with van der Waals surface area (Å²) < 4.78 is 6.74. The summed E-state index contributed by atoms with van der Waals surface area (Å²) >= 11 is 3.46. The SMILES string of the molecule is CCC(C(=O)NC(C)C)N(Cc1cccc(C)c1)C(=O)COc1ccc(Br)c(C)c1. The van der Waals surface area contributed by atoms with Gasteiger partial charge in [-0.25, -0.2) is 0 Å². The Bertz CT molecular complexity index is 883. The highest BCUT2D eigenvalue weighted by Gasteiger charge is 2.29. The molecule has 0 fully saturated rings. The van der Waals surface area contributed by atoms with Crippen molar-refractivity contribution in [2.75, 3.05) is 6.61 Å². The molecule has 0 spiro atoms. The van der Waals surface area contributed by atoms with Gasteiger partial charge in [-0.15, -0.1) is 0 Å². The van der Waals surface area contributed by atoms with E-state index in [4.69, 9.17) is 4.74 Å². The van der Waals surface area contributed by atoms with E-state index in [-0.39, 0.29) is 24.5 Å². The Balaban J connectivity index is 2.22. The van der Waals surface area contributed by atoms with E-state index in [1.807, 2.05) is 77.1 Å². The van der Waals surface area contributed by atoms with Crippen LogP contribution in [-0.4, -0.2) is 35.4 Å². The molecule has 2 aromatic carbocycles. The van der Waals surface area contributed by atoms with Crippen LogP contribution in [0.25, 0.3) is 0 Å². The van der Waals surface area contributed by atoms with Gasteiger partial charge in [-0.05, 0) is 63.4 Å². The Morgan fingerprint density at radius 3 is 2.47 bits per heavy atom. The Morgan fingerprint density at radius 1 is 1.13 bits per heavy atom. The molecule has 0 bridgehead atoms. The largest absolute Gasteiger partial charge is 0.484 e. The van der Waals surface area contributed by atoms with E-state index in [1.54, 1.807) is 4.90 Å². The first-order valence-corrected chi connectivity index (χ1v) is 11.0. The van der Waals surface area contributed by atoms with Gasteiger partial charge in [0.1, 0.15) is 11.8 Å². The highest BCUT2D eigenvalue weighted by molar-refractivity contribution is 9.10. The number of benzene rings is 2. The third kappa shape index (κ3) is 6.87. The van der Waals surface area contributed by atoms with Crippen LogP contribution in [0.5, 0.6) is 5.75 Å². The molecular formula is C24H31BrN2O3. The first kappa shape index (κ1) is 23.9. The van der Waals surface area contributed by atoms with Crippen molar-refractivity contribution in [1.82, 2.24) is 10.2 Å². The van der Waals surface area contributed by atoms with Crippen LogP contribution in [0.15, 0.2) is 46.9 Å². The van der Waals surface area contributed by atoms with Crippen LogP contribution < -0.4 is 10.1 Å². The van der Waals surface area contributed by atoms with Gasteiger partial charge in [-0.2, -0.15) is 0 Å². The van der Waals surface area contributed by atoms with Crippen molar-refractivity contribution in [3.63, 3.8) is 0 Å². The van der Waals surface area contributed by atoms with Crippen LogP contribution in [0.3, 0.4) is 0 Å². The molecule has 1 unspecified atom stereocenters. The highest BCUT2D eigenvalue weighted by atomic mass is 79.9. The molecule has 0 aliphatic carbocycles. The molecule has 0 heterocycles. The fraction of sp³-hybridized carbons (Fsp3) is 0.417. The van der Waals surface area contributed by atoms with Crippen molar-refractivity contribution < 1.29 is 14.3 Å². The van der Waals surface area contributed by atoms with Gasteiger partial charge in [0.05, 0.1) is 0 Å². The van der Waals surface area contributed by atoms with Crippen molar-refractivity contribution in [3.8, 4) is 5.75 Å². The molecule has 1 atom stereocenters. The predicted molar refractivity (Wildman–Crippen MR) is 123 cm³/mol. The normalized spacial score (nSPS) is 11.8. The first-order chi connectivity index (χ1) is 14.2. The molecule has 0 saturated heterocycles.